The van der Waals surface area contributed by atoms with Gasteiger partial charge in [-0.1, -0.05) is 25.1 Å². The second-order valence-electron chi connectivity index (χ2n) is 5.87. The van der Waals surface area contributed by atoms with E-state index in [0.29, 0.717) is 5.82 Å². The van der Waals surface area contributed by atoms with Gasteiger partial charge >= 0.3 is 0 Å². The van der Waals surface area contributed by atoms with Crippen molar-refractivity contribution in [2.24, 2.45) is 5.92 Å². The van der Waals surface area contributed by atoms with Crippen LogP contribution < -0.4 is 10.6 Å². The number of hydrogen-bond donors (Lipinski definition) is 2. The molecule has 0 aliphatic carbocycles. The molecule has 1 aromatic heterocycles. The van der Waals surface area contributed by atoms with E-state index in [9.17, 15) is 9.59 Å². The van der Waals surface area contributed by atoms with Crippen LogP contribution in [0.15, 0.2) is 24.4 Å². The number of rotatable bonds is 5. The minimum Gasteiger partial charge on any atom is -0.324 e. The summed E-state index contributed by atoms with van der Waals surface area (Å²) in [5.41, 5.74) is 2.92. The molecule has 1 aromatic carbocycles. The molecule has 1 heterocycles. The lowest BCUT2D eigenvalue weighted by atomic mass is 10.1. The van der Waals surface area contributed by atoms with Crippen molar-refractivity contribution in [3.05, 3.63) is 35.5 Å². The Morgan fingerprint density at radius 2 is 1.78 bits per heavy atom. The first-order chi connectivity index (χ1) is 10.8. The number of aromatic nitrogens is 3. The Labute approximate surface area is 135 Å². The monoisotopic (exact) mass is 315 g/mol. The fraction of sp³-hybridized carbons (Fsp3) is 0.375. The highest BCUT2D eigenvalue weighted by molar-refractivity contribution is 5.91. The van der Waals surface area contributed by atoms with Crippen LogP contribution in [0.2, 0.25) is 0 Å². The first-order valence-electron chi connectivity index (χ1n) is 7.42. The number of carbonyl (C=O) groups excluding carboxylic acids is 2. The Bertz CT molecular complexity index is 701. The molecule has 0 fully saturated rings. The Morgan fingerprint density at radius 1 is 1.13 bits per heavy atom. The Hall–Kier alpha value is -2.70. The molecule has 0 radical (unpaired) electrons. The third-order valence-electron chi connectivity index (χ3n) is 3.13. The van der Waals surface area contributed by atoms with Crippen LogP contribution in [0.4, 0.5) is 11.5 Å². The summed E-state index contributed by atoms with van der Waals surface area (Å²) in [7, 11) is 0. The molecule has 23 heavy (non-hydrogen) atoms. The number of benzene rings is 1. The van der Waals surface area contributed by atoms with Gasteiger partial charge in [-0.3, -0.25) is 9.59 Å². The molecule has 0 saturated heterocycles. The van der Waals surface area contributed by atoms with E-state index >= 15 is 0 Å². The zero-order valence-electron chi connectivity index (χ0n) is 13.8. The lowest BCUT2D eigenvalue weighted by Gasteiger charge is -2.07. The lowest BCUT2D eigenvalue weighted by molar-refractivity contribution is -0.119. The lowest BCUT2D eigenvalue weighted by Crippen LogP contribution is -2.19. The van der Waals surface area contributed by atoms with Gasteiger partial charge in [-0.15, -0.1) is 5.10 Å². The van der Waals surface area contributed by atoms with E-state index in [1.807, 2.05) is 32.0 Å². The average molecular weight is 315 g/mol. The molecular formula is C16H21N5O2. The number of anilines is 2. The van der Waals surface area contributed by atoms with Gasteiger partial charge in [0.1, 0.15) is 6.54 Å². The molecule has 2 aromatic rings. The fourth-order valence-electron chi connectivity index (χ4n) is 2.10. The molecule has 0 unspecified atom stereocenters. The van der Waals surface area contributed by atoms with Crippen molar-refractivity contribution >= 4 is 23.3 Å². The van der Waals surface area contributed by atoms with Crippen LogP contribution in [0, 0.1) is 19.8 Å². The number of nitrogens with one attached hydrogen (secondary N) is 2. The first-order valence-corrected chi connectivity index (χ1v) is 7.42. The predicted octanol–water partition coefficient (Wildman–Crippen LogP) is 2.13. The van der Waals surface area contributed by atoms with Gasteiger partial charge in [-0.25, -0.2) is 4.68 Å². The van der Waals surface area contributed by atoms with Gasteiger partial charge in [0.05, 0.1) is 6.20 Å². The molecule has 0 atom stereocenters. The van der Waals surface area contributed by atoms with Crippen LogP contribution in [0.25, 0.3) is 0 Å². The van der Waals surface area contributed by atoms with Crippen molar-refractivity contribution in [2.75, 3.05) is 10.6 Å². The maximum Gasteiger partial charge on any atom is 0.246 e. The summed E-state index contributed by atoms with van der Waals surface area (Å²) >= 11 is 0. The summed E-state index contributed by atoms with van der Waals surface area (Å²) in [6.07, 6.45) is 1.53. The Kier molecular flexibility index (Phi) is 5.10. The van der Waals surface area contributed by atoms with Crippen LogP contribution in [0.5, 0.6) is 0 Å². The quantitative estimate of drug-likeness (QED) is 0.884. The minimum absolute atomic E-state index is 0.0253. The molecule has 0 spiro atoms. The van der Waals surface area contributed by atoms with E-state index in [0.717, 1.165) is 16.8 Å². The Morgan fingerprint density at radius 3 is 2.39 bits per heavy atom. The largest absolute Gasteiger partial charge is 0.324 e. The summed E-state index contributed by atoms with van der Waals surface area (Å²) in [5, 5.41) is 13.1. The van der Waals surface area contributed by atoms with Crippen molar-refractivity contribution < 1.29 is 9.59 Å². The van der Waals surface area contributed by atoms with Crippen molar-refractivity contribution in [1.82, 2.24) is 15.0 Å². The van der Waals surface area contributed by atoms with Crippen molar-refractivity contribution in [2.45, 2.75) is 34.2 Å². The van der Waals surface area contributed by atoms with Gasteiger partial charge in [0.25, 0.3) is 0 Å². The standard InChI is InChI=1S/C16H21N5O2/c1-10(2)16(23)18-14-8-21(20-19-14)9-15(22)17-13-6-11(3)5-12(4)7-13/h5-8,10H,9H2,1-4H3,(H,17,22)(H,18,23). The number of aryl methyl sites for hydroxylation is 2. The van der Waals surface area contributed by atoms with Gasteiger partial charge in [0.2, 0.25) is 11.8 Å². The van der Waals surface area contributed by atoms with Gasteiger partial charge in [0.15, 0.2) is 5.82 Å². The fourth-order valence-corrected chi connectivity index (χ4v) is 2.10. The molecule has 7 nitrogen and oxygen atoms in total. The highest BCUT2D eigenvalue weighted by Gasteiger charge is 2.11. The molecule has 2 N–H and O–H groups in total. The molecule has 2 amide bonds. The third-order valence-corrected chi connectivity index (χ3v) is 3.13. The molecule has 7 heteroatoms. The smallest absolute Gasteiger partial charge is 0.246 e. The van der Waals surface area contributed by atoms with E-state index < -0.39 is 0 Å². The van der Waals surface area contributed by atoms with Crippen molar-refractivity contribution in [3.63, 3.8) is 0 Å². The number of nitrogens with zero attached hydrogens (tertiary/aromatic N) is 3. The zero-order chi connectivity index (χ0) is 17.0. The van der Waals surface area contributed by atoms with Crippen LogP contribution in [-0.4, -0.2) is 26.8 Å². The highest BCUT2D eigenvalue weighted by atomic mass is 16.2. The maximum atomic E-state index is 12.1. The first kappa shape index (κ1) is 16.7. The highest BCUT2D eigenvalue weighted by Crippen LogP contribution is 2.13. The van der Waals surface area contributed by atoms with E-state index in [-0.39, 0.29) is 24.3 Å². The molecule has 0 saturated carbocycles. The number of carbonyl (C=O) groups is 2. The van der Waals surface area contributed by atoms with Crippen LogP contribution >= 0.6 is 0 Å². The SMILES string of the molecule is Cc1cc(C)cc(NC(=O)Cn2cc(NC(=O)C(C)C)nn2)c1. The normalized spacial score (nSPS) is 10.7. The van der Waals surface area contributed by atoms with Crippen LogP contribution in [0.1, 0.15) is 25.0 Å². The Balaban J connectivity index is 1.95. The summed E-state index contributed by atoms with van der Waals surface area (Å²) in [6, 6.07) is 5.85. The maximum absolute atomic E-state index is 12.1. The van der Waals surface area contributed by atoms with Gasteiger partial charge in [-0.05, 0) is 37.1 Å². The van der Waals surface area contributed by atoms with E-state index in [1.54, 1.807) is 13.8 Å². The van der Waals surface area contributed by atoms with Crippen molar-refractivity contribution in [1.29, 1.82) is 0 Å². The second kappa shape index (κ2) is 7.04. The number of hydrogen-bond acceptors (Lipinski definition) is 4. The van der Waals surface area contributed by atoms with Crippen molar-refractivity contribution in [3.8, 4) is 0 Å². The topological polar surface area (TPSA) is 88.9 Å². The molecule has 0 aliphatic heterocycles. The van der Waals surface area contributed by atoms with Gasteiger partial charge < -0.3 is 10.6 Å². The molecule has 122 valence electrons. The van der Waals surface area contributed by atoms with Gasteiger partial charge in [0, 0.05) is 11.6 Å². The molecule has 0 aliphatic rings. The average Bonchev–Trinajstić information content (AvgIpc) is 2.84. The molecular weight excluding hydrogens is 294 g/mol. The van der Waals surface area contributed by atoms with E-state index in [2.05, 4.69) is 20.9 Å². The third kappa shape index (κ3) is 4.91. The second-order valence-corrected chi connectivity index (χ2v) is 5.87. The summed E-state index contributed by atoms with van der Waals surface area (Å²) in [6.45, 7) is 7.55. The molecule has 0 bridgehead atoms. The minimum atomic E-state index is -0.207. The zero-order valence-corrected chi connectivity index (χ0v) is 13.8. The van der Waals surface area contributed by atoms with Crippen LogP contribution in [-0.2, 0) is 16.1 Å². The number of amides is 2. The molecule has 2 rings (SSSR count). The predicted molar refractivity (Wildman–Crippen MR) is 88.0 cm³/mol. The summed E-state index contributed by atoms with van der Waals surface area (Å²) in [4.78, 5) is 23.6. The van der Waals surface area contributed by atoms with Gasteiger partial charge in [-0.2, -0.15) is 0 Å². The van der Waals surface area contributed by atoms with Crippen LogP contribution in [0.3, 0.4) is 0 Å². The van der Waals surface area contributed by atoms with E-state index in [1.165, 1.54) is 10.9 Å². The summed E-state index contributed by atoms with van der Waals surface area (Å²) in [5.74, 6) is -0.158. The summed E-state index contributed by atoms with van der Waals surface area (Å²) < 4.78 is 1.38. The van der Waals surface area contributed by atoms with E-state index in [4.69, 9.17) is 0 Å².